The number of hydrogen-bond donors (Lipinski definition) is 0. The van der Waals surface area contributed by atoms with Gasteiger partial charge in [0.15, 0.2) is 0 Å². The molecule has 0 bridgehead atoms. The first kappa shape index (κ1) is 14.6. The summed E-state index contributed by atoms with van der Waals surface area (Å²) < 4.78 is 10.9. The van der Waals surface area contributed by atoms with Gasteiger partial charge in [0.2, 0.25) is 0 Å². The number of carbonyl (C=O) groups excluding carboxylic acids is 1. The van der Waals surface area contributed by atoms with E-state index >= 15 is 0 Å². The predicted molar refractivity (Wildman–Crippen MR) is 81.0 cm³/mol. The summed E-state index contributed by atoms with van der Waals surface area (Å²) in [6.45, 7) is 0.695. The Kier molecular flexibility index (Phi) is 4.59. The maximum absolute atomic E-state index is 11.5. The number of rotatable bonds is 4. The molecule has 21 heavy (non-hydrogen) atoms. The lowest BCUT2D eigenvalue weighted by molar-refractivity contribution is -0.147. The number of carbonyl (C=O) groups is 1. The number of benzene rings is 1. The van der Waals surface area contributed by atoms with Crippen molar-refractivity contribution in [3.05, 3.63) is 34.9 Å². The van der Waals surface area contributed by atoms with Gasteiger partial charge in [0, 0.05) is 0 Å². The van der Waals surface area contributed by atoms with Crippen LogP contribution in [0.4, 0.5) is 0 Å². The molecule has 3 nitrogen and oxygen atoms in total. The fourth-order valence-electron chi connectivity index (χ4n) is 3.56. The lowest BCUT2D eigenvalue weighted by atomic mass is 9.87. The van der Waals surface area contributed by atoms with Crippen LogP contribution in [0.1, 0.15) is 48.8 Å². The van der Waals surface area contributed by atoms with Crippen molar-refractivity contribution in [3.63, 3.8) is 0 Å². The quantitative estimate of drug-likeness (QED) is 0.796. The molecule has 2 aliphatic rings. The largest absolute Gasteiger partial charge is 0.469 e. The first-order valence-corrected chi connectivity index (χ1v) is 8.06. The molecule has 2 aliphatic carbocycles. The second-order valence-electron chi connectivity index (χ2n) is 6.26. The van der Waals surface area contributed by atoms with E-state index in [-0.39, 0.29) is 11.9 Å². The van der Waals surface area contributed by atoms with Crippen molar-refractivity contribution in [3.8, 4) is 0 Å². The van der Waals surface area contributed by atoms with E-state index in [1.165, 1.54) is 43.1 Å². The van der Waals surface area contributed by atoms with Crippen LogP contribution in [0.3, 0.4) is 0 Å². The maximum Gasteiger partial charge on any atom is 0.308 e. The molecule has 0 aliphatic heterocycles. The number of ether oxygens (including phenoxy) is 2. The van der Waals surface area contributed by atoms with E-state index in [2.05, 4.69) is 18.2 Å². The van der Waals surface area contributed by atoms with Gasteiger partial charge in [-0.25, -0.2) is 0 Å². The fraction of sp³-hybridized carbons (Fsp3) is 0.611. The molecule has 1 aromatic rings. The zero-order valence-electron chi connectivity index (χ0n) is 12.8. The Bertz CT molecular complexity index is 501. The lowest BCUT2D eigenvalue weighted by Crippen LogP contribution is -2.26. The molecule has 3 heteroatoms. The smallest absolute Gasteiger partial charge is 0.308 e. The standard InChI is InChI=1S/C18H24O3/c1-20-18(19)15-7-9-17(10-8-15)21-12-13-5-6-14-3-2-4-16(14)11-13/h5-6,11,15,17H,2-4,7-10,12H2,1H3. The summed E-state index contributed by atoms with van der Waals surface area (Å²) in [5.41, 5.74) is 4.30. The highest BCUT2D eigenvalue weighted by atomic mass is 16.5. The van der Waals surface area contributed by atoms with Crippen LogP contribution in [0, 0.1) is 5.92 Å². The van der Waals surface area contributed by atoms with E-state index < -0.39 is 0 Å². The zero-order chi connectivity index (χ0) is 14.7. The molecule has 0 saturated heterocycles. The Balaban J connectivity index is 1.47. The van der Waals surface area contributed by atoms with Crippen molar-refractivity contribution >= 4 is 5.97 Å². The molecule has 3 rings (SSSR count). The average molecular weight is 288 g/mol. The van der Waals surface area contributed by atoms with Gasteiger partial charge in [-0.2, -0.15) is 0 Å². The SMILES string of the molecule is COC(=O)C1CCC(OCc2ccc3c(c2)CCC3)CC1. The van der Waals surface area contributed by atoms with Crippen molar-refractivity contribution in [2.45, 2.75) is 57.7 Å². The average Bonchev–Trinajstić information content (AvgIpc) is 3.00. The minimum Gasteiger partial charge on any atom is -0.469 e. The Hall–Kier alpha value is -1.35. The van der Waals surface area contributed by atoms with Gasteiger partial charge >= 0.3 is 5.97 Å². The van der Waals surface area contributed by atoms with E-state index in [0.29, 0.717) is 12.7 Å². The number of aryl methyl sites for hydroxylation is 2. The van der Waals surface area contributed by atoms with Crippen LogP contribution in [0.25, 0.3) is 0 Å². The minimum atomic E-state index is -0.0629. The van der Waals surface area contributed by atoms with Crippen LogP contribution >= 0.6 is 0 Å². The summed E-state index contributed by atoms with van der Waals surface area (Å²) in [5.74, 6) is 0.0157. The maximum atomic E-state index is 11.5. The van der Waals surface area contributed by atoms with Gasteiger partial charge in [-0.3, -0.25) is 4.79 Å². The summed E-state index contributed by atoms with van der Waals surface area (Å²) in [6.07, 6.45) is 7.73. The summed E-state index contributed by atoms with van der Waals surface area (Å²) in [5, 5.41) is 0. The molecule has 114 valence electrons. The van der Waals surface area contributed by atoms with E-state index in [1.807, 2.05) is 0 Å². The first-order chi connectivity index (χ1) is 10.3. The highest BCUT2D eigenvalue weighted by molar-refractivity contribution is 5.72. The second-order valence-corrected chi connectivity index (χ2v) is 6.26. The molecule has 1 saturated carbocycles. The fourth-order valence-corrected chi connectivity index (χ4v) is 3.56. The van der Waals surface area contributed by atoms with Crippen LogP contribution < -0.4 is 0 Å². The Morgan fingerprint density at radius 2 is 1.90 bits per heavy atom. The van der Waals surface area contributed by atoms with Crippen molar-refractivity contribution in [1.82, 2.24) is 0 Å². The van der Waals surface area contributed by atoms with Crippen LogP contribution in [0.2, 0.25) is 0 Å². The molecular weight excluding hydrogens is 264 g/mol. The Labute approximate surface area is 126 Å². The predicted octanol–water partition coefficient (Wildman–Crippen LogP) is 3.42. The highest BCUT2D eigenvalue weighted by Gasteiger charge is 2.27. The summed E-state index contributed by atoms with van der Waals surface area (Å²) in [4.78, 5) is 11.5. The Morgan fingerprint density at radius 1 is 1.14 bits per heavy atom. The molecule has 0 unspecified atom stereocenters. The summed E-state index contributed by atoms with van der Waals surface area (Å²) >= 11 is 0. The van der Waals surface area contributed by atoms with Crippen LogP contribution in [-0.4, -0.2) is 19.2 Å². The van der Waals surface area contributed by atoms with Crippen molar-refractivity contribution in [2.75, 3.05) is 7.11 Å². The minimum absolute atomic E-state index is 0.0629. The summed E-state index contributed by atoms with van der Waals surface area (Å²) in [6, 6.07) is 6.77. The third-order valence-electron chi connectivity index (χ3n) is 4.86. The number of methoxy groups -OCH3 is 1. The van der Waals surface area contributed by atoms with Gasteiger partial charge < -0.3 is 9.47 Å². The van der Waals surface area contributed by atoms with Crippen LogP contribution in [0.5, 0.6) is 0 Å². The molecule has 0 spiro atoms. The topological polar surface area (TPSA) is 35.5 Å². The number of hydrogen-bond acceptors (Lipinski definition) is 3. The molecule has 1 fully saturated rings. The molecule has 1 aromatic carbocycles. The third kappa shape index (κ3) is 3.46. The van der Waals surface area contributed by atoms with E-state index in [1.54, 1.807) is 0 Å². The molecule has 0 atom stereocenters. The highest BCUT2D eigenvalue weighted by Crippen LogP contribution is 2.28. The van der Waals surface area contributed by atoms with E-state index in [0.717, 1.165) is 25.7 Å². The normalized spacial score (nSPS) is 24.6. The van der Waals surface area contributed by atoms with Crippen LogP contribution in [0.15, 0.2) is 18.2 Å². The molecule has 0 N–H and O–H groups in total. The van der Waals surface area contributed by atoms with Gasteiger partial charge in [0.05, 0.1) is 25.7 Å². The molecule has 0 amide bonds. The van der Waals surface area contributed by atoms with Crippen molar-refractivity contribution in [2.24, 2.45) is 5.92 Å². The van der Waals surface area contributed by atoms with Gasteiger partial charge in [-0.15, -0.1) is 0 Å². The first-order valence-electron chi connectivity index (χ1n) is 8.06. The number of esters is 1. The Morgan fingerprint density at radius 3 is 2.67 bits per heavy atom. The third-order valence-corrected chi connectivity index (χ3v) is 4.86. The van der Waals surface area contributed by atoms with Crippen molar-refractivity contribution < 1.29 is 14.3 Å². The van der Waals surface area contributed by atoms with Gasteiger partial charge in [0.25, 0.3) is 0 Å². The van der Waals surface area contributed by atoms with Gasteiger partial charge in [-0.05, 0) is 61.6 Å². The summed E-state index contributed by atoms with van der Waals surface area (Å²) in [7, 11) is 1.47. The molecule has 0 radical (unpaired) electrons. The molecule has 0 heterocycles. The lowest BCUT2D eigenvalue weighted by Gasteiger charge is -2.27. The van der Waals surface area contributed by atoms with Crippen molar-refractivity contribution in [1.29, 1.82) is 0 Å². The molecular formula is C18H24O3. The molecule has 0 aromatic heterocycles. The van der Waals surface area contributed by atoms with Crippen LogP contribution in [-0.2, 0) is 33.7 Å². The zero-order valence-corrected chi connectivity index (χ0v) is 12.8. The van der Waals surface area contributed by atoms with E-state index in [9.17, 15) is 4.79 Å². The van der Waals surface area contributed by atoms with E-state index in [4.69, 9.17) is 9.47 Å². The monoisotopic (exact) mass is 288 g/mol. The second kappa shape index (κ2) is 6.61. The van der Waals surface area contributed by atoms with Gasteiger partial charge in [-0.1, -0.05) is 18.2 Å². The number of fused-ring (bicyclic) bond motifs is 1. The van der Waals surface area contributed by atoms with Gasteiger partial charge in [0.1, 0.15) is 0 Å².